The zero-order chi connectivity index (χ0) is 14.7. The van der Waals surface area contributed by atoms with Gasteiger partial charge in [-0.3, -0.25) is 0 Å². The zero-order valence-electron chi connectivity index (χ0n) is 11.1. The predicted octanol–water partition coefficient (Wildman–Crippen LogP) is 3.04. The Kier molecular flexibility index (Phi) is 3.87. The summed E-state index contributed by atoms with van der Waals surface area (Å²) in [5.74, 6) is 1.14. The monoisotopic (exact) mass is 304 g/mol. The molecule has 0 fully saturated rings. The third kappa shape index (κ3) is 3.22. The highest BCUT2D eigenvalue weighted by Crippen LogP contribution is 2.34. The van der Waals surface area contributed by atoms with Crippen molar-refractivity contribution in [3.8, 4) is 11.5 Å². The van der Waals surface area contributed by atoms with Gasteiger partial charge in [0.2, 0.25) is 6.79 Å². The molecule has 2 aromatic carbocycles. The van der Waals surface area contributed by atoms with Crippen molar-refractivity contribution in [2.24, 2.45) is 0 Å². The highest BCUT2D eigenvalue weighted by Gasteiger charge is 2.13. The van der Waals surface area contributed by atoms with Gasteiger partial charge in [-0.1, -0.05) is 18.2 Å². The van der Waals surface area contributed by atoms with Gasteiger partial charge >= 0.3 is 0 Å². The number of fused-ring (bicyclic) bond motifs is 1. The second-order valence-corrected chi connectivity index (χ2v) is 4.88. The van der Waals surface area contributed by atoms with E-state index in [0.29, 0.717) is 28.7 Å². The Morgan fingerprint density at radius 3 is 2.81 bits per heavy atom. The molecule has 0 saturated carbocycles. The lowest BCUT2D eigenvalue weighted by molar-refractivity contribution is 0.174. The maximum absolute atomic E-state index is 13.5. The number of anilines is 1. The molecule has 0 amide bonds. The molecule has 0 bridgehead atoms. The van der Waals surface area contributed by atoms with Crippen molar-refractivity contribution in [2.75, 3.05) is 12.1 Å². The Hall–Kier alpha value is -2.34. The summed E-state index contributed by atoms with van der Waals surface area (Å²) < 4.78 is 24.0. The molecule has 2 aromatic rings. The normalized spacial score (nSPS) is 12.0. The number of nitrogens with one attached hydrogen (secondary N) is 2. The molecule has 6 heteroatoms. The molecule has 108 valence electrons. The van der Waals surface area contributed by atoms with E-state index in [1.165, 1.54) is 6.07 Å². The highest BCUT2D eigenvalue weighted by atomic mass is 32.1. The van der Waals surface area contributed by atoms with Gasteiger partial charge in [-0.2, -0.15) is 0 Å². The fourth-order valence-electron chi connectivity index (χ4n) is 1.97. The molecule has 0 atom stereocenters. The summed E-state index contributed by atoms with van der Waals surface area (Å²) in [6.45, 7) is 0.553. The Balaban J connectivity index is 1.58. The fraction of sp³-hybridized carbons (Fsp3) is 0.133. The van der Waals surface area contributed by atoms with Crippen LogP contribution in [-0.4, -0.2) is 11.9 Å². The number of benzene rings is 2. The van der Waals surface area contributed by atoms with Crippen LogP contribution in [0.3, 0.4) is 0 Å². The van der Waals surface area contributed by atoms with E-state index in [2.05, 4.69) is 10.6 Å². The van der Waals surface area contributed by atoms with Crippen molar-refractivity contribution in [1.82, 2.24) is 5.32 Å². The number of hydrogen-bond donors (Lipinski definition) is 2. The van der Waals surface area contributed by atoms with E-state index in [1.54, 1.807) is 24.3 Å². The van der Waals surface area contributed by atoms with E-state index >= 15 is 0 Å². The van der Waals surface area contributed by atoms with Gasteiger partial charge in [0.1, 0.15) is 5.82 Å². The van der Waals surface area contributed by atoms with Crippen LogP contribution in [0.2, 0.25) is 0 Å². The minimum atomic E-state index is -0.254. The van der Waals surface area contributed by atoms with Gasteiger partial charge in [-0.15, -0.1) is 0 Å². The Morgan fingerprint density at radius 1 is 1.14 bits per heavy atom. The van der Waals surface area contributed by atoms with Crippen LogP contribution in [0, 0.1) is 5.82 Å². The molecular formula is C15H13FN2O2S. The van der Waals surface area contributed by atoms with Crippen LogP contribution in [-0.2, 0) is 6.54 Å². The predicted molar refractivity (Wildman–Crippen MR) is 82.0 cm³/mol. The summed E-state index contributed by atoms with van der Waals surface area (Å²) in [5, 5.41) is 6.40. The molecule has 0 aliphatic carbocycles. The van der Waals surface area contributed by atoms with Gasteiger partial charge in [0.25, 0.3) is 0 Å². The van der Waals surface area contributed by atoms with E-state index < -0.39 is 0 Å². The summed E-state index contributed by atoms with van der Waals surface area (Å²) in [4.78, 5) is 0. The summed E-state index contributed by atoms with van der Waals surface area (Å²) in [5.41, 5.74) is 1.35. The quantitative estimate of drug-likeness (QED) is 0.853. The first-order valence-electron chi connectivity index (χ1n) is 6.40. The molecular weight excluding hydrogens is 291 g/mol. The van der Waals surface area contributed by atoms with Crippen molar-refractivity contribution < 1.29 is 13.9 Å². The molecule has 0 unspecified atom stereocenters. The van der Waals surface area contributed by atoms with Crippen molar-refractivity contribution in [2.45, 2.75) is 6.54 Å². The standard InChI is InChI=1S/C15H13FN2O2S/c16-12-4-2-1-3-10(12)8-17-15(21)18-11-5-6-13-14(7-11)20-9-19-13/h1-7H,8-9H2,(H2,17,18,21). The third-order valence-electron chi connectivity index (χ3n) is 3.03. The second-order valence-electron chi connectivity index (χ2n) is 4.47. The van der Waals surface area contributed by atoms with Gasteiger partial charge < -0.3 is 20.1 Å². The van der Waals surface area contributed by atoms with Crippen LogP contribution in [0.4, 0.5) is 10.1 Å². The summed E-state index contributed by atoms with van der Waals surface area (Å²) in [6, 6.07) is 12.0. The molecule has 0 aromatic heterocycles. The first kappa shape index (κ1) is 13.6. The minimum absolute atomic E-state index is 0.231. The molecule has 2 N–H and O–H groups in total. The number of thiocarbonyl (C=S) groups is 1. The Morgan fingerprint density at radius 2 is 1.95 bits per heavy atom. The molecule has 0 spiro atoms. The lowest BCUT2D eigenvalue weighted by Gasteiger charge is -2.11. The molecule has 21 heavy (non-hydrogen) atoms. The van der Waals surface area contributed by atoms with Crippen LogP contribution >= 0.6 is 12.2 Å². The first-order valence-corrected chi connectivity index (χ1v) is 6.81. The van der Waals surface area contributed by atoms with Gasteiger partial charge in [-0.05, 0) is 30.4 Å². The lowest BCUT2D eigenvalue weighted by Crippen LogP contribution is -2.28. The second kappa shape index (κ2) is 5.97. The maximum Gasteiger partial charge on any atom is 0.231 e. The lowest BCUT2D eigenvalue weighted by atomic mass is 10.2. The zero-order valence-corrected chi connectivity index (χ0v) is 11.9. The SMILES string of the molecule is Fc1ccccc1CNC(=S)Nc1ccc2c(c1)OCO2. The fourth-order valence-corrected chi connectivity index (χ4v) is 2.16. The number of halogens is 1. The van der Waals surface area contributed by atoms with Gasteiger partial charge in [0.05, 0.1) is 0 Å². The first-order chi connectivity index (χ1) is 10.2. The van der Waals surface area contributed by atoms with Crippen molar-refractivity contribution in [1.29, 1.82) is 0 Å². The average Bonchev–Trinajstić information content (AvgIpc) is 2.94. The Labute approximate surface area is 126 Å². The summed E-state index contributed by atoms with van der Waals surface area (Å²) >= 11 is 5.19. The van der Waals surface area contributed by atoms with E-state index in [4.69, 9.17) is 21.7 Å². The number of ether oxygens (including phenoxy) is 2. The van der Waals surface area contributed by atoms with Crippen molar-refractivity contribution >= 4 is 23.0 Å². The summed E-state index contributed by atoms with van der Waals surface area (Å²) in [7, 11) is 0. The van der Waals surface area contributed by atoms with Gasteiger partial charge in [0, 0.05) is 23.9 Å². The van der Waals surface area contributed by atoms with E-state index in [9.17, 15) is 4.39 Å². The molecule has 1 aliphatic rings. The topological polar surface area (TPSA) is 42.5 Å². The van der Waals surface area contributed by atoms with E-state index in [-0.39, 0.29) is 12.6 Å². The van der Waals surface area contributed by atoms with Gasteiger partial charge in [-0.25, -0.2) is 4.39 Å². The van der Waals surface area contributed by atoms with Crippen LogP contribution in [0.25, 0.3) is 0 Å². The third-order valence-corrected chi connectivity index (χ3v) is 3.27. The molecule has 4 nitrogen and oxygen atoms in total. The molecule has 1 aliphatic heterocycles. The Bertz CT molecular complexity index is 678. The molecule has 3 rings (SSSR count). The van der Waals surface area contributed by atoms with Gasteiger partial charge in [0.15, 0.2) is 16.6 Å². The molecule has 0 radical (unpaired) electrons. The molecule has 0 saturated heterocycles. The van der Waals surface area contributed by atoms with Crippen LogP contribution in [0.15, 0.2) is 42.5 Å². The smallest absolute Gasteiger partial charge is 0.231 e. The van der Waals surface area contributed by atoms with Crippen LogP contribution in [0.1, 0.15) is 5.56 Å². The van der Waals surface area contributed by atoms with E-state index in [0.717, 1.165) is 5.69 Å². The minimum Gasteiger partial charge on any atom is -0.454 e. The van der Waals surface area contributed by atoms with E-state index in [1.807, 2.05) is 12.1 Å². The summed E-state index contributed by atoms with van der Waals surface area (Å²) in [6.07, 6.45) is 0. The highest BCUT2D eigenvalue weighted by molar-refractivity contribution is 7.80. The maximum atomic E-state index is 13.5. The van der Waals surface area contributed by atoms with Crippen molar-refractivity contribution in [3.05, 3.63) is 53.8 Å². The molecule has 1 heterocycles. The average molecular weight is 304 g/mol. The van der Waals surface area contributed by atoms with Crippen LogP contribution in [0.5, 0.6) is 11.5 Å². The number of rotatable bonds is 3. The van der Waals surface area contributed by atoms with Crippen molar-refractivity contribution in [3.63, 3.8) is 0 Å². The largest absolute Gasteiger partial charge is 0.454 e. The number of hydrogen-bond acceptors (Lipinski definition) is 3. The van der Waals surface area contributed by atoms with Crippen LogP contribution < -0.4 is 20.1 Å².